The van der Waals surface area contributed by atoms with Crippen molar-refractivity contribution in [1.29, 1.82) is 0 Å². The van der Waals surface area contributed by atoms with Gasteiger partial charge in [0.05, 0.1) is 5.02 Å². The predicted octanol–water partition coefficient (Wildman–Crippen LogP) is 3.78. The molecule has 0 aliphatic heterocycles. The fourth-order valence-corrected chi connectivity index (χ4v) is 1.98. The predicted molar refractivity (Wildman–Crippen MR) is 67.9 cm³/mol. The Hall–Kier alpha value is -0.990. The minimum Gasteiger partial charge on any atom is -0.459 e. The molecule has 0 saturated heterocycles. The zero-order valence-electron chi connectivity index (χ0n) is 9.53. The highest BCUT2D eigenvalue weighted by molar-refractivity contribution is 6.34. The Morgan fingerprint density at radius 3 is 2.75 bits per heavy atom. The minimum atomic E-state index is 0.313. The number of rotatable bonds is 3. The molecule has 0 fully saturated rings. The molecule has 2 rings (SSSR count). The molecule has 3 heteroatoms. The molecule has 0 spiro atoms. The largest absolute Gasteiger partial charge is 0.459 e. The van der Waals surface area contributed by atoms with Crippen molar-refractivity contribution in [1.82, 2.24) is 0 Å². The van der Waals surface area contributed by atoms with Crippen LogP contribution in [-0.4, -0.2) is 6.54 Å². The van der Waals surface area contributed by atoms with Gasteiger partial charge in [-0.25, -0.2) is 0 Å². The third-order valence-corrected chi connectivity index (χ3v) is 3.49. The molecule has 0 aliphatic carbocycles. The summed E-state index contributed by atoms with van der Waals surface area (Å²) in [4.78, 5) is 0. The monoisotopic (exact) mass is 237 g/mol. The fourth-order valence-electron chi connectivity index (χ4n) is 1.76. The van der Waals surface area contributed by atoms with Crippen LogP contribution in [0.15, 0.2) is 28.7 Å². The van der Waals surface area contributed by atoms with Gasteiger partial charge in [-0.3, -0.25) is 0 Å². The Labute approximate surface area is 100 Å². The number of fused-ring (bicyclic) bond motifs is 1. The quantitative estimate of drug-likeness (QED) is 0.882. The fraction of sp³-hybridized carbons (Fsp3) is 0.385. The maximum Gasteiger partial charge on any atom is 0.152 e. The van der Waals surface area contributed by atoms with Crippen LogP contribution in [0.5, 0.6) is 0 Å². The SMILES string of the molecule is CC(CN)C(C)c1cc2cccc(Cl)c2o1. The Kier molecular flexibility index (Phi) is 3.22. The van der Waals surface area contributed by atoms with Gasteiger partial charge in [-0.1, -0.05) is 37.6 Å². The molecular weight excluding hydrogens is 222 g/mol. The van der Waals surface area contributed by atoms with Crippen LogP contribution in [-0.2, 0) is 0 Å². The van der Waals surface area contributed by atoms with E-state index in [1.165, 1.54) is 0 Å². The number of hydrogen-bond donors (Lipinski definition) is 1. The average Bonchev–Trinajstić information content (AvgIpc) is 2.72. The van der Waals surface area contributed by atoms with Gasteiger partial charge < -0.3 is 10.2 Å². The molecule has 2 atom stereocenters. The van der Waals surface area contributed by atoms with E-state index >= 15 is 0 Å². The molecule has 1 aromatic carbocycles. The van der Waals surface area contributed by atoms with Crippen LogP contribution < -0.4 is 5.73 Å². The maximum absolute atomic E-state index is 6.07. The van der Waals surface area contributed by atoms with Gasteiger partial charge in [0.25, 0.3) is 0 Å². The van der Waals surface area contributed by atoms with Gasteiger partial charge in [0.2, 0.25) is 0 Å². The Bertz CT molecular complexity index is 492. The molecule has 0 bridgehead atoms. The Balaban J connectivity index is 2.43. The van der Waals surface area contributed by atoms with E-state index in [1.54, 1.807) is 0 Å². The summed E-state index contributed by atoms with van der Waals surface area (Å²) >= 11 is 6.07. The average molecular weight is 238 g/mol. The van der Waals surface area contributed by atoms with Crippen LogP contribution in [0.25, 0.3) is 11.0 Å². The molecule has 0 saturated carbocycles. The Morgan fingerprint density at radius 2 is 2.12 bits per heavy atom. The summed E-state index contributed by atoms with van der Waals surface area (Å²) in [5.41, 5.74) is 6.44. The normalized spacial score (nSPS) is 15.2. The highest BCUT2D eigenvalue weighted by Crippen LogP contribution is 2.32. The van der Waals surface area contributed by atoms with Crippen LogP contribution in [0, 0.1) is 5.92 Å². The van der Waals surface area contributed by atoms with Crippen molar-refractivity contribution >= 4 is 22.6 Å². The number of nitrogens with two attached hydrogens (primary N) is 1. The smallest absolute Gasteiger partial charge is 0.152 e. The lowest BCUT2D eigenvalue weighted by atomic mass is 9.94. The lowest BCUT2D eigenvalue weighted by Crippen LogP contribution is -2.16. The van der Waals surface area contributed by atoms with Gasteiger partial charge in [-0.2, -0.15) is 0 Å². The van der Waals surface area contributed by atoms with Crippen molar-refractivity contribution in [3.63, 3.8) is 0 Å². The van der Waals surface area contributed by atoms with E-state index in [0.29, 0.717) is 23.4 Å². The standard InChI is InChI=1S/C13H16ClNO/c1-8(7-15)9(2)12-6-10-4-3-5-11(14)13(10)16-12/h3-6,8-9H,7,15H2,1-2H3. The molecule has 2 N–H and O–H groups in total. The summed E-state index contributed by atoms with van der Waals surface area (Å²) in [7, 11) is 0. The second-order valence-electron chi connectivity index (χ2n) is 4.31. The van der Waals surface area contributed by atoms with Gasteiger partial charge in [-0.05, 0) is 24.6 Å². The van der Waals surface area contributed by atoms with Crippen molar-refractivity contribution in [2.24, 2.45) is 11.7 Å². The van der Waals surface area contributed by atoms with Crippen LogP contribution in [0.1, 0.15) is 25.5 Å². The summed E-state index contributed by atoms with van der Waals surface area (Å²) in [5, 5.41) is 1.72. The van der Waals surface area contributed by atoms with Crippen LogP contribution in [0.3, 0.4) is 0 Å². The molecule has 0 radical (unpaired) electrons. The second kappa shape index (κ2) is 4.48. The summed E-state index contributed by atoms with van der Waals surface area (Å²) in [6.45, 7) is 4.91. The van der Waals surface area contributed by atoms with E-state index in [-0.39, 0.29) is 0 Å². The van der Waals surface area contributed by atoms with Gasteiger partial charge in [0, 0.05) is 11.3 Å². The third-order valence-electron chi connectivity index (χ3n) is 3.19. The lowest BCUT2D eigenvalue weighted by Gasteiger charge is -2.14. The third kappa shape index (κ3) is 1.95. The van der Waals surface area contributed by atoms with Gasteiger partial charge >= 0.3 is 0 Å². The van der Waals surface area contributed by atoms with Crippen LogP contribution in [0.2, 0.25) is 5.02 Å². The van der Waals surface area contributed by atoms with Crippen LogP contribution >= 0.6 is 11.6 Å². The molecule has 86 valence electrons. The summed E-state index contributed by atoms with van der Waals surface area (Å²) in [5.74, 6) is 1.67. The number of para-hydroxylation sites is 1. The minimum absolute atomic E-state index is 0.313. The first-order chi connectivity index (χ1) is 7.63. The summed E-state index contributed by atoms with van der Waals surface area (Å²) in [6, 6.07) is 7.83. The molecule has 0 amide bonds. The van der Waals surface area contributed by atoms with Crippen molar-refractivity contribution in [3.8, 4) is 0 Å². The zero-order chi connectivity index (χ0) is 11.7. The molecule has 1 aromatic heterocycles. The molecule has 2 unspecified atom stereocenters. The van der Waals surface area contributed by atoms with E-state index in [0.717, 1.165) is 16.7 Å². The maximum atomic E-state index is 6.07. The molecule has 0 aliphatic rings. The summed E-state index contributed by atoms with van der Waals surface area (Å²) < 4.78 is 5.80. The Morgan fingerprint density at radius 1 is 1.38 bits per heavy atom. The number of hydrogen-bond acceptors (Lipinski definition) is 2. The molecule has 2 nitrogen and oxygen atoms in total. The van der Waals surface area contributed by atoms with E-state index in [1.807, 2.05) is 18.2 Å². The first-order valence-corrected chi connectivity index (χ1v) is 5.89. The second-order valence-corrected chi connectivity index (χ2v) is 4.72. The summed E-state index contributed by atoms with van der Waals surface area (Å²) in [6.07, 6.45) is 0. The van der Waals surface area contributed by atoms with Crippen LogP contribution in [0.4, 0.5) is 0 Å². The number of furan rings is 1. The van der Waals surface area contributed by atoms with E-state index in [9.17, 15) is 0 Å². The zero-order valence-corrected chi connectivity index (χ0v) is 10.3. The first kappa shape index (κ1) is 11.5. The van der Waals surface area contributed by atoms with E-state index < -0.39 is 0 Å². The molecule has 16 heavy (non-hydrogen) atoms. The number of halogens is 1. The van der Waals surface area contributed by atoms with Gasteiger partial charge in [0.1, 0.15) is 5.76 Å². The van der Waals surface area contributed by atoms with Crippen molar-refractivity contribution < 1.29 is 4.42 Å². The topological polar surface area (TPSA) is 39.2 Å². The van der Waals surface area contributed by atoms with Crippen molar-refractivity contribution in [3.05, 3.63) is 35.0 Å². The molecule has 1 heterocycles. The van der Waals surface area contributed by atoms with Crippen molar-refractivity contribution in [2.75, 3.05) is 6.54 Å². The van der Waals surface area contributed by atoms with Crippen molar-refractivity contribution in [2.45, 2.75) is 19.8 Å². The molecule has 2 aromatic rings. The van der Waals surface area contributed by atoms with Gasteiger partial charge in [-0.15, -0.1) is 0 Å². The number of benzene rings is 1. The first-order valence-electron chi connectivity index (χ1n) is 5.51. The highest BCUT2D eigenvalue weighted by atomic mass is 35.5. The highest BCUT2D eigenvalue weighted by Gasteiger charge is 2.17. The van der Waals surface area contributed by atoms with E-state index in [2.05, 4.69) is 19.9 Å². The van der Waals surface area contributed by atoms with E-state index in [4.69, 9.17) is 21.8 Å². The van der Waals surface area contributed by atoms with Gasteiger partial charge in [0.15, 0.2) is 5.58 Å². The molecular formula is C13H16ClNO. The lowest BCUT2D eigenvalue weighted by molar-refractivity contribution is 0.416.